The number of esters is 1. The highest BCUT2D eigenvalue weighted by atomic mass is 32.1. The molecule has 1 aromatic rings. The highest BCUT2D eigenvalue weighted by molar-refractivity contribution is 7.18. The van der Waals surface area contributed by atoms with E-state index >= 15 is 0 Å². The topological polar surface area (TPSA) is 95.9 Å². The molecule has 2 amide bonds. The van der Waals surface area contributed by atoms with Gasteiger partial charge in [-0.3, -0.25) is 9.59 Å². The quantitative estimate of drug-likeness (QED) is 0.790. The van der Waals surface area contributed by atoms with Crippen LogP contribution in [0, 0.1) is 0 Å². The van der Waals surface area contributed by atoms with Crippen LogP contribution in [0.2, 0.25) is 0 Å². The first-order valence-corrected chi connectivity index (χ1v) is 7.18. The zero-order chi connectivity index (χ0) is 15.6. The van der Waals surface area contributed by atoms with Gasteiger partial charge in [-0.2, -0.15) is 0 Å². The van der Waals surface area contributed by atoms with Gasteiger partial charge in [-0.05, 0) is 12.1 Å². The maximum atomic E-state index is 12.4. The van der Waals surface area contributed by atoms with Gasteiger partial charge in [0, 0.05) is 19.9 Å². The van der Waals surface area contributed by atoms with E-state index in [4.69, 9.17) is 0 Å². The summed E-state index contributed by atoms with van der Waals surface area (Å²) < 4.78 is 4.66. The van der Waals surface area contributed by atoms with E-state index in [2.05, 4.69) is 10.1 Å². The van der Waals surface area contributed by atoms with Gasteiger partial charge in [-0.1, -0.05) is 0 Å². The minimum Gasteiger partial charge on any atom is -0.467 e. The Morgan fingerprint density at radius 2 is 2.14 bits per heavy atom. The van der Waals surface area contributed by atoms with Gasteiger partial charge in [0.1, 0.15) is 6.04 Å². The van der Waals surface area contributed by atoms with Crippen molar-refractivity contribution in [2.75, 3.05) is 19.0 Å². The Hall–Kier alpha value is -1.93. The number of ether oxygens (including phenoxy) is 1. The highest BCUT2D eigenvalue weighted by Crippen LogP contribution is 2.27. The SMILES string of the molecule is COC(=O)C1CC(O)CN1C(=O)c1ccc(NC(C)=O)s1. The van der Waals surface area contributed by atoms with Gasteiger partial charge >= 0.3 is 5.97 Å². The molecule has 8 heteroatoms. The van der Waals surface area contributed by atoms with Gasteiger partial charge in [0.25, 0.3) is 5.91 Å². The number of β-amino-alcohol motifs (C(OH)–C–C–N with tert-alkyl or cyclic N) is 1. The Morgan fingerprint density at radius 3 is 2.76 bits per heavy atom. The van der Waals surface area contributed by atoms with E-state index in [0.29, 0.717) is 9.88 Å². The van der Waals surface area contributed by atoms with Gasteiger partial charge in [0.05, 0.1) is 23.1 Å². The van der Waals surface area contributed by atoms with Crippen molar-refractivity contribution in [2.24, 2.45) is 0 Å². The molecule has 1 aromatic heterocycles. The van der Waals surface area contributed by atoms with Crippen LogP contribution in [-0.2, 0) is 14.3 Å². The molecule has 1 aliphatic heterocycles. The molecule has 2 N–H and O–H groups in total. The summed E-state index contributed by atoms with van der Waals surface area (Å²) in [6.07, 6.45) is -0.574. The summed E-state index contributed by atoms with van der Waals surface area (Å²) in [7, 11) is 1.25. The molecule has 1 aliphatic rings. The molecule has 0 bridgehead atoms. The molecule has 2 rings (SSSR count). The Labute approximate surface area is 125 Å². The minimum atomic E-state index is -0.774. The number of anilines is 1. The van der Waals surface area contributed by atoms with Gasteiger partial charge in [-0.25, -0.2) is 4.79 Å². The lowest BCUT2D eigenvalue weighted by Gasteiger charge is -2.21. The number of methoxy groups -OCH3 is 1. The van der Waals surface area contributed by atoms with Crippen LogP contribution in [0.25, 0.3) is 0 Å². The second kappa shape index (κ2) is 6.23. The fourth-order valence-electron chi connectivity index (χ4n) is 2.23. The summed E-state index contributed by atoms with van der Waals surface area (Å²) in [4.78, 5) is 36.8. The molecule has 0 aromatic carbocycles. The van der Waals surface area contributed by atoms with Gasteiger partial charge < -0.3 is 20.1 Å². The maximum Gasteiger partial charge on any atom is 0.328 e. The number of amides is 2. The average molecular weight is 312 g/mol. The van der Waals surface area contributed by atoms with E-state index in [1.807, 2.05) is 0 Å². The van der Waals surface area contributed by atoms with Crippen LogP contribution < -0.4 is 5.32 Å². The maximum absolute atomic E-state index is 12.4. The van der Waals surface area contributed by atoms with E-state index in [1.165, 1.54) is 18.9 Å². The van der Waals surface area contributed by atoms with Crippen molar-refractivity contribution in [1.82, 2.24) is 4.90 Å². The van der Waals surface area contributed by atoms with Crippen molar-refractivity contribution in [1.29, 1.82) is 0 Å². The number of nitrogens with one attached hydrogen (secondary N) is 1. The summed E-state index contributed by atoms with van der Waals surface area (Å²) >= 11 is 1.12. The van der Waals surface area contributed by atoms with Crippen LogP contribution in [0.5, 0.6) is 0 Å². The number of hydrogen-bond acceptors (Lipinski definition) is 6. The molecule has 2 unspecified atom stereocenters. The molecule has 0 saturated carbocycles. The van der Waals surface area contributed by atoms with Crippen molar-refractivity contribution in [3.8, 4) is 0 Å². The van der Waals surface area contributed by atoms with Crippen LogP contribution in [0.1, 0.15) is 23.0 Å². The second-order valence-electron chi connectivity index (χ2n) is 4.73. The number of thiophene rings is 1. The lowest BCUT2D eigenvalue weighted by molar-refractivity contribution is -0.145. The monoisotopic (exact) mass is 312 g/mol. The molecule has 1 saturated heterocycles. The van der Waals surface area contributed by atoms with Gasteiger partial charge in [-0.15, -0.1) is 11.3 Å². The molecule has 114 valence electrons. The number of rotatable bonds is 3. The lowest BCUT2D eigenvalue weighted by Crippen LogP contribution is -2.40. The minimum absolute atomic E-state index is 0.0893. The van der Waals surface area contributed by atoms with Crippen molar-refractivity contribution in [3.63, 3.8) is 0 Å². The first kappa shape index (κ1) is 15.5. The van der Waals surface area contributed by atoms with Crippen molar-refractivity contribution < 1.29 is 24.2 Å². The summed E-state index contributed by atoms with van der Waals surface area (Å²) in [6, 6.07) is 2.43. The molecule has 21 heavy (non-hydrogen) atoms. The van der Waals surface area contributed by atoms with Crippen LogP contribution in [0.4, 0.5) is 5.00 Å². The molecule has 2 atom stereocenters. The molecular weight excluding hydrogens is 296 g/mol. The van der Waals surface area contributed by atoms with Crippen molar-refractivity contribution in [2.45, 2.75) is 25.5 Å². The summed E-state index contributed by atoms with van der Waals surface area (Å²) in [5.74, 6) is -1.12. The Bertz CT molecular complexity index is 571. The first-order chi connectivity index (χ1) is 9.92. The van der Waals surface area contributed by atoms with E-state index in [1.54, 1.807) is 12.1 Å². The van der Waals surface area contributed by atoms with Crippen LogP contribution >= 0.6 is 11.3 Å². The predicted molar refractivity (Wildman–Crippen MR) is 76.1 cm³/mol. The Kier molecular flexibility index (Phi) is 4.59. The third kappa shape index (κ3) is 3.40. The Balaban J connectivity index is 2.16. The molecular formula is C13H16N2O5S. The van der Waals surface area contributed by atoms with E-state index in [9.17, 15) is 19.5 Å². The predicted octanol–water partition coefficient (Wildman–Crippen LogP) is 0.455. The second-order valence-corrected chi connectivity index (χ2v) is 5.81. The molecule has 7 nitrogen and oxygen atoms in total. The van der Waals surface area contributed by atoms with E-state index < -0.39 is 18.1 Å². The van der Waals surface area contributed by atoms with Crippen LogP contribution in [-0.4, -0.2) is 53.6 Å². The fraction of sp³-hybridized carbons (Fsp3) is 0.462. The standard InChI is InChI=1S/C13H16N2O5S/c1-7(16)14-11-4-3-10(21-11)12(18)15-6-8(17)5-9(15)13(19)20-2/h3-4,8-9,17H,5-6H2,1-2H3,(H,14,16). The van der Waals surface area contributed by atoms with Crippen LogP contribution in [0.3, 0.4) is 0 Å². The summed E-state index contributed by atoms with van der Waals surface area (Å²) in [5.41, 5.74) is 0. The first-order valence-electron chi connectivity index (χ1n) is 6.36. The molecule has 0 spiro atoms. The normalized spacial score (nSPS) is 21.2. The van der Waals surface area contributed by atoms with E-state index in [0.717, 1.165) is 11.3 Å². The van der Waals surface area contributed by atoms with Crippen LogP contribution in [0.15, 0.2) is 12.1 Å². The number of carbonyl (C=O) groups is 3. The van der Waals surface area contributed by atoms with Crippen molar-refractivity contribution >= 4 is 34.1 Å². The van der Waals surface area contributed by atoms with Crippen molar-refractivity contribution in [3.05, 3.63) is 17.0 Å². The molecule has 0 aliphatic carbocycles. The number of likely N-dealkylation sites (tertiary alicyclic amines) is 1. The zero-order valence-electron chi connectivity index (χ0n) is 11.7. The fourth-order valence-corrected chi connectivity index (χ4v) is 3.14. The molecule has 0 radical (unpaired) electrons. The molecule has 1 fully saturated rings. The lowest BCUT2D eigenvalue weighted by atomic mass is 10.2. The van der Waals surface area contributed by atoms with Gasteiger partial charge in [0.15, 0.2) is 0 Å². The largest absolute Gasteiger partial charge is 0.467 e. The zero-order valence-corrected chi connectivity index (χ0v) is 12.5. The smallest absolute Gasteiger partial charge is 0.328 e. The third-order valence-corrected chi connectivity index (χ3v) is 4.12. The van der Waals surface area contributed by atoms with E-state index in [-0.39, 0.29) is 24.8 Å². The van der Waals surface area contributed by atoms with Gasteiger partial charge in [0.2, 0.25) is 5.91 Å². The number of carbonyl (C=O) groups excluding carboxylic acids is 3. The number of aliphatic hydroxyl groups excluding tert-OH is 1. The third-order valence-electron chi connectivity index (χ3n) is 3.13. The Morgan fingerprint density at radius 1 is 1.43 bits per heavy atom. The average Bonchev–Trinajstić information content (AvgIpc) is 3.03. The number of nitrogens with zero attached hydrogens (tertiary/aromatic N) is 1. The number of aliphatic hydroxyl groups is 1. The highest BCUT2D eigenvalue weighted by Gasteiger charge is 2.40. The molecule has 2 heterocycles. The summed E-state index contributed by atoms with van der Waals surface area (Å²) in [5, 5.41) is 12.8. The summed E-state index contributed by atoms with van der Waals surface area (Å²) in [6.45, 7) is 1.47. The number of hydrogen-bond donors (Lipinski definition) is 2.